The smallest absolute Gasteiger partial charge is 0.216 e. The fraction of sp³-hybridized carbons (Fsp3) is 0.917. The average molecular weight is 212 g/mol. The molecule has 88 valence electrons. The summed E-state index contributed by atoms with van der Waals surface area (Å²) in [5.74, 6) is 0.737. The molecule has 0 unspecified atom stereocenters. The summed E-state index contributed by atoms with van der Waals surface area (Å²) in [5, 5.41) is 2.91. The highest BCUT2D eigenvalue weighted by atomic mass is 16.1. The van der Waals surface area contributed by atoms with Crippen LogP contribution in [-0.4, -0.2) is 37.0 Å². The van der Waals surface area contributed by atoms with E-state index in [4.69, 9.17) is 0 Å². The van der Waals surface area contributed by atoms with E-state index in [1.54, 1.807) is 6.92 Å². The Labute approximate surface area is 93.2 Å². The maximum absolute atomic E-state index is 10.8. The molecule has 1 amide bonds. The van der Waals surface area contributed by atoms with Crippen LogP contribution >= 0.6 is 0 Å². The highest BCUT2D eigenvalue weighted by Crippen LogP contribution is 2.21. The number of amides is 1. The van der Waals surface area contributed by atoms with Crippen LogP contribution in [-0.2, 0) is 4.79 Å². The molecular weight excluding hydrogens is 188 g/mol. The summed E-state index contributed by atoms with van der Waals surface area (Å²) in [4.78, 5) is 13.3. The maximum Gasteiger partial charge on any atom is 0.216 e. The molecule has 0 bridgehead atoms. The van der Waals surface area contributed by atoms with E-state index in [0.29, 0.717) is 11.3 Å². The molecule has 0 aromatic heterocycles. The Morgan fingerprint density at radius 2 is 2.13 bits per heavy atom. The second-order valence-corrected chi connectivity index (χ2v) is 5.89. The van der Waals surface area contributed by atoms with Crippen molar-refractivity contribution >= 4 is 5.91 Å². The molecule has 1 aliphatic rings. The van der Waals surface area contributed by atoms with Crippen molar-refractivity contribution in [2.24, 2.45) is 11.3 Å². The van der Waals surface area contributed by atoms with E-state index in [9.17, 15) is 4.79 Å². The molecule has 1 saturated heterocycles. The van der Waals surface area contributed by atoms with Crippen LogP contribution in [0, 0.1) is 11.3 Å². The van der Waals surface area contributed by atoms with Gasteiger partial charge in [-0.05, 0) is 24.3 Å². The molecule has 0 aromatic carbocycles. The maximum atomic E-state index is 10.8. The van der Waals surface area contributed by atoms with Gasteiger partial charge in [0.1, 0.15) is 0 Å². The monoisotopic (exact) mass is 212 g/mol. The van der Waals surface area contributed by atoms with Crippen LogP contribution < -0.4 is 5.32 Å². The van der Waals surface area contributed by atoms with Gasteiger partial charge in [0.05, 0.1) is 0 Å². The van der Waals surface area contributed by atoms with E-state index in [1.807, 2.05) is 0 Å². The van der Waals surface area contributed by atoms with Crippen LogP contribution in [0.15, 0.2) is 0 Å². The predicted molar refractivity (Wildman–Crippen MR) is 62.7 cm³/mol. The third-order valence-corrected chi connectivity index (χ3v) is 2.71. The van der Waals surface area contributed by atoms with Crippen molar-refractivity contribution in [3.63, 3.8) is 0 Å². The van der Waals surface area contributed by atoms with Crippen LogP contribution in [0.3, 0.4) is 0 Å². The molecule has 0 aromatic rings. The minimum absolute atomic E-state index is 0.0873. The first kappa shape index (κ1) is 12.5. The number of hydrogen-bond donors (Lipinski definition) is 1. The Bertz CT molecular complexity index is 220. The normalized spacial score (nSPS) is 23.1. The molecule has 0 saturated carbocycles. The molecule has 0 radical (unpaired) electrons. The first-order valence-electron chi connectivity index (χ1n) is 5.83. The zero-order valence-corrected chi connectivity index (χ0v) is 10.5. The Morgan fingerprint density at radius 1 is 1.47 bits per heavy atom. The minimum Gasteiger partial charge on any atom is -0.356 e. The number of rotatable bonds is 3. The molecule has 15 heavy (non-hydrogen) atoms. The first-order valence-corrected chi connectivity index (χ1v) is 5.83. The number of hydrogen-bond acceptors (Lipinski definition) is 2. The van der Waals surface area contributed by atoms with Crippen LogP contribution in [0.2, 0.25) is 0 Å². The number of carbonyl (C=O) groups excluding carboxylic acids is 1. The quantitative estimate of drug-likeness (QED) is 0.768. The second kappa shape index (κ2) is 4.97. The van der Waals surface area contributed by atoms with Gasteiger partial charge in [0, 0.05) is 26.6 Å². The van der Waals surface area contributed by atoms with E-state index in [0.717, 1.165) is 19.6 Å². The lowest BCUT2D eigenvalue weighted by Gasteiger charge is -2.26. The van der Waals surface area contributed by atoms with E-state index in [2.05, 4.69) is 31.0 Å². The third kappa shape index (κ3) is 5.17. The summed E-state index contributed by atoms with van der Waals surface area (Å²) in [6.07, 6.45) is 1.22. The standard InChI is InChI=1S/C12H24N2O/c1-10(15)13-7-11-5-6-14(8-11)9-12(2,3)4/h11H,5-9H2,1-4H3,(H,13,15)/t11-/m1/s1. The highest BCUT2D eigenvalue weighted by Gasteiger charge is 2.25. The van der Waals surface area contributed by atoms with Crippen molar-refractivity contribution in [1.82, 2.24) is 10.2 Å². The topological polar surface area (TPSA) is 32.3 Å². The molecule has 1 atom stereocenters. The van der Waals surface area contributed by atoms with Crippen LogP contribution in [0.5, 0.6) is 0 Å². The molecule has 1 aliphatic heterocycles. The van der Waals surface area contributed by atoms with Crippen LogP contribution in [0.25, 0.3) is 0 Å². The summed E-state index contributed by atoms with van der Waals surface area (Å²) in [6.45, 7) is 12.7. The Kier molecular flexibility index (Phi) is 4.14. The SMILES string of the molecule is CC(=O)NC[C@H]1CCN(CC(C)(C)C)C1. The summed E-state index contributed by atoms with van der Waals surface area (Å²) in [6, 6.07) is 0. The van der Waals surface area contributed by atoms with Gasteiger partial charge in [-0.2, -0.15) is 0 Å². The zero-order valence-electron chi connectivity index (χ0n) is 10.5. The van der Waals surface area contributed by atoms with Gasteiger partial charge in [0.2, 0.25) is 5.91 Å². The van der Waals surface area contributed by atoms with Crippen molar-refractivity contribution in [3.8, 4) is 0 Å². The number of likely N-dealkylation sites (tertiary alicyclic amines) is 1. The molecule has 3 heteroatoms. The van der Waals surface area contributed by atoms with Crippen molar-refractivity contribution in [2.45, 2.75) is 34.1 Å². The summed E-state index contributed by atoms with van der Waals surface area (Å²) >= 11 is 0. The van der Waals surface area contributed by atoms with Crippen LogP contribution in [0.4, 0.5) is 0 Å². The third-order valence-electron chi connectivity index (χ3n) is 2.71. The van der Waals surface area contributed by atoms with Crippen molar-refractivity contribution in [3.05, 3.63) is 0 Å². The Hall–Kier alpha value is -0.570. The summed E-state index contributed by atoms with van der Waals surface area (Å²) < 4.78 is 0. The molecule has 0 aliphatic carbocycles. The first-order chi connectivity index (χ1) is 6.87. The van der Waals surface area contributed by atoms with Gasteiger partial charge in [-0.25, -0.2) is 0 Å². The Balaban J connectivity index is 2.24. The molecule has 3 nitrogen and oxygen atoms in total. The molecule has 1 N–H and O–H groups in total. The molecule has 1 heterocycles. The van der Waals surface area contributed by atoms with E-state index in [1.165, 1.54) is 13.0 Å². The minimum atomic E-state index is 0.0873. The van der Waals surface area contributed by atoms with Gasteiger partial charge in [-0.1, -0.05) is 20.8 Å². The van der Waals surface area contributed by atoms with E-state index in [-0.39, 0.29) is 5.91 Å². The van der Waals surface area contributed by atoms with Gasteiger partial charge >= 0.3 is 0 Å². The van der Waals surface area contributed by atoms with E-state index < -0.39 is 0 Å². The Morgan fingerprint density at radius 3 is 2.67 bits per heavy atom. The largest absolute Gasteiger partial charge is 0.356 e. The fourth-order valence-electron chi connectivity index (χ4n) is 2.18. The van der Waals surface area contributed by atoms with Crippen LogP contribution in [0.1, 0.15) is 34.1 Å². The molecule has 1 rings (SSSR count). The molecule has 0 spiro atoms. The molecular formula is C12H24N2O. The van der Waals surface area contributed by atoms with Gasteiger partial charge < -0.3 is 10.2 Å². The zero-order chi connectivity index (χ0) is 11.5. The number of nitrogens with zero attached hydrogens (tertiary/aromatic N) is 1. The summed E-state index contributed by atoms with van der Waals surface area (Å²) in [5.41, 5.74) is 0.378. The van der Waals surface area contributed by atoms with E-state index >= 15 is 0 Å². The lowest BCUT2D eigenvalue weighted by Crippen LogP contribution is -2.33. The highest BCUT2D eigenvalue weighted by molar-refractivity contribution is 5.72. The van der Waals surface area contributed by atoms with Crippen molar-refractivity contribution in [2.75, 3.05) is 26.2 Å². The van der Waals surface area contributed by atoms with Gasteiger partial charge in [-0.15, -0.1) is 0 Å². The lowest BCUT2D eigenvalue weighted by atomic mass is 9.96. The van der Waals surface area contributed by atoms with Gasteiger partial charge in [0.25, 0.3) is 0 Å². The average Bonchev–Trinajstić information content (AvgIpc) is 2.45. The number of nitrogens with one attached hydrogen (secondary N) is 1. The summed E-state index contributed by atoms with van der Waals surface area (Å²) in [7, 11) is 0. The van der Waals surface area contributed by atoms with Crippen molar-refractivity contribution < 1.29 is 4.79 Å². The predicted octanol–water partition coefficient (Wildman–Crippen LogP) is 1.49. The fourth-order valence-corrected chi connectivity index (χ4v) is 2.18. The van der Waals surface area contributed by atoms with Crippen molar-refractivity contribution in [1.29, 1.82) is 0 Å². The van der Waals surface area contributed by atoms with Gasteiger partial charge in [0.15, 0.2) is 0 Å². The lowest BCUT2D eigenvalue weighted by molar-refractivity contribution is -0.119. The molecule has 1 fully saturated rings. The number of carbonyl (C=O) groups is 1. The van der Waals surface area contributed by atoms with Gasteiger partial charge in [-0.3, -0.25) is 4.79 Å². The second-order valence-electron chi connectivity index (χ2n) is 5.89.